The van der Waals surface area contributed by atoms with Gasteiger partial charge in [-0.25, -0.2) is 0 Å². The maximum atomic E-state index is 10.3. The SMILES string of the molecule is O=C(O)CCc1[nH]nc2ccsc12. The normalized spacial score (nSPS) is 10.8. The molecule has 13 heavy (non-hydrogen) atoms. The van der Waals surface area contributed by atoms with Crippen LogP contribution in [0.2, 0.25) is 0 Å². The number of hydrogen-bond donors (Lipinski definition) is 2. The summed E-state index contributed by atoms with van der Waals surface area (Å²) in [5.41, 5.74) is 1.85. The number of thiophene rings is 1. The second-order valence-corrected chi connectivity index (χ2v) is 3.65. The Morgan fingerprint density at radius 1 is 1.69 bits per heavy atom. The van der Waals surface area contributed by atoms with Crippen LogP contribution in [-0.2, 0) is 11.2 Å². The van der Waals surface area contributed by atoms with Crippen LogP contribution >= 0.6 is 11.3 Å². The number of carboxylic acids is 1. The smallest absolute Gasteiger partial charge is 0.303 e. The van der Waals surface area contributed by atoms with Crippen LogP contribution in [0.5, 0.6) is 0 Å². The minimum Gasteiger partial charge on any atom is -0.481 e. The number of fused-ring (bicyclic) bond motifs is 1. The second-order valence-electron chi connectivity index (χ2n) is 2.73. The Morgan fingerprint density at radius 2 is 2.54 bits per heavy atom. The fourth-order valence-electron chi connectivity index (χ4n) is 1.20. The summed E-state index contributed by atoms with van der Waals surface area (Å²) in [5, 5.41) is 17.4. The van der Waals surface area contributed by atoms with Gasteiger partial charge in [-0.3, -0.25) is 9.89 Å². The number of aromatic amines is 1. The molecule has 0 aliphatic rings. The van der Waals surface area contributed by atoms with E-state index in [1.54, 1.807) is 11.3 Å². The van der Waals surface area contributed by atoms with E-state index in [4.69, 9.17) is 5.11 Å². The van der Waals surface area contributed by atoms with Gasteiger partial charge in [0.25, 0.3) is 0 Å². The lowest BCUT2D eigenvalue weighted by molar-refractivity contribution is -0.136. The maximum Gasteiger partial charge on any atom is 0.303 e. The van der Waals surface area contributed by atoms with Gasteiger partial charge in [0.15, 0.2) is 0 Å². The number of carbonyl (C=O) groups is 1. The van der Waals surface area contributed by atoms with Gasteiger partial charge in [0.1, 0.15) is 5.52 Å². The van der Waals surface area contributed by atoms with Crippen LogP contribution in [0.15, 0.2) is 11.4 Å². The van der Waals surface area contributed by atoms with Crippen LogP contribution in [0.4, 0.5) is 0 Å². The monoisotopic (exact) mass is 196 g/mol. The highest BCUT2D eigenvalue weighted by Crippen LogP contribution is 2.22. The molecule has 2 N–H and O–H groups in total. The topological polar surface area (TPSA) is 66.0 Å². The highest BCUT2D eigenvalue weighted by Gasteiger charge is 2.07. The molecule has 0 bridgehead atoms. The molecule has 2 aromatic heterocycles. The lowest BCUT2D eigenvalue weighted by atomic mass is 10.2. The van der Waals surface area contributed by atoms with Crippen LogP contribution < -0.4 is 0 Å². The first-order chi connectivity index (χ1) is 6.27. The van der Waals surface area contributed by atoms with Crippen LogP contribution in [0.25, 0.3) is 10.2 Å². The molecule has 0 saturated heterocycles. The van der Waals surface area contributed by atoms with Crippen molar-refractivity contribution in [1.29, 1.82) is 0 Å². The van der Waals surface area contributed by atoms with Crippen molar-refractivity contribution in [3.05, 3.63) is 17.1 Å². The highest BCUT2D eigenvalue weighted by molar-refractivity contribution is 7.17. The molecule has 0 aliphatic heterocycles. The third-order valence-electron chi connectivity index (χ3n) is 1.82. The number of hydrogen-bond acceptors (Lipinski definition) is 3. The van der Waals surface area contributed by atoms with E-state index in [-0.39, 0.29) is 6.42 Å². The third kappa shape index (κ3) is 1.55. The van der Waals surface area contributed by atoms with Crippen molar-refractivity contribution in [1.82, 2.24) is 10.2 Å². The van der Waals surface area contributed by atoms with Crippen LogP contribution in [-0.4, -0.2) is 21.3 Å². The molecule has 2 rings (SSSR count). The van der Waals surface area contributed by atoms with E-state index in [2.05, 4.69) is 10.2 Å². The van der Waals surface area contributed by atoms with Crippen molar-refractivity contribution in [2.75, 3.05) is 0 Å². The summed E-state index contributed by atoms with van der Waals surface area (Å²) in [6.07, 6.45) is 0.668. The van der Waals surface area contributed by atoms with Gasteiger partial charge >= 0.3 is 5.97 Å². The van der Waals surface area contributed by atoms with Crippen LogP contribution in [0.1, 0.15) is 12.1 Å². The lowest BCUT2D eigenvalue weighted by Crippen LogP contribution is -1.97. The Bertz CT molecular complexity index is 432. The molecular formula is C8H8N2O2S. The summed E-state index contributed by atoms with van der Waals surface area (Å²) in [5.74, 6) is -0.778. The van der Waals surface area contributed by atoms with Crippen LogP contribution in [0.3, 0.4) is 0 Å². The van der Waals surface area contributed by atoms with Gasteiger partial charge in [-0.15, -0.1) is 11.3 Å². The molecule has 0 amide bonds. The predicted octanol–water partition coefficient (Wildman–Crippen LogP) is 1.64. The largest absolute Gasteiger partial charge is 0.481 e. The molecule has 0 radical (unpaired) electrons. The van der Waals surface area contributed by atoms with E-state index in [1.165, 1.54) is 0 Å². The molecule has 0 aromatic carbocycles. The molecule has 4 nitrogen and oxygen atoms in total. The van der Waals surface area contributed by atoms with Crippen molar-refractivity contribution in [3.63, 3.8) is 0 Å². The van der Waals surface area contributed by atoms with Crippen molar-refractivity contribution in [2.45, 2.75) is 12.8 Å². The quantitative estimate of drug-likeness (QED) is 0.784. The summed E-state index contributed by atoms with van der Waals surface area (Å²) in [6.45, 7) is 0. The first-order valence-corrected chi connectivity index (χ1v) is 4.77. The Kier molecular flexibility index (Phi) is 2.02. The molecule has 5 heteroatoms. The van der Waals surface area contributed by atoms with E-state index in [0.29, 0.717) is 6.42 Å². The van der Waals surface area contributed by atoms with Crippen LogP contribution in [0, 0.1) is 0 Å². The molecule has 2 heterocycles. The zero-order valence-corrected chi connectivity index (χ0v) is 7.60. The minimum absolute atomic E-state index is 0.148. The first-order valence-electron chi connectivity index (χ1n) is 3.89. The van der Waals surface area contributed by atoms with Crippen molar-refractivity contribution in [2.24, 2.45) is 0 Å². The van der Waals surface area contributed by atoms with Crippen molar-refractivity contribution in [3.8, 4) is 0 Å². The van der Waals surface area contributed by atoms with E-state index in [0.717, 1.165) is 15.9 Å². The minimum atomic E-state index is -0.778. The molecule has 0 spiro atoms. The van der Waals surface area contributed by atoms with Gasteiger partial charge in [-0.2, -0.15) is 5.10 Å². The summed E-state index contributed by atoms with van der Waals surface area (Å²) in [7, 11) is 0. The Labute approximate surface area is 78.2 Å². The van der Waals surface area contributed by atoms with Gasteiger partial charge in [-0.1, -0.05) is 0 Å². The molecule has 68 valence electrons. The van der Waals surface area contributed by atoms with E-state index >= 15 is 0 Å². The fourth-order valence-corrected chi connectivity index (χ4v) is 2.05. The number of aliphatic carboxylic acids is 1. The number of aromatic nitrogens is 2. The average molecular weight is 196 g/mol. The number of nitrogens with zero attached hydrogens (tertiary/aromatic N) is 1. The zero-order chi connectivity index (χ0) is 9.26. The molecule has 0 aliphatic carbocycles. The highest BCUT2D eigenvalue weighted by atomic mass is 32.1. The predicted molar refractivity (Wildman–Crippen MR) is 49.9 cm³/mol. The van der Waals surface area contributed by atoms with Gasteiger partial charge in [-0.05, 0) is 11.4 Å². The third-order valence-corrected chi connectivity index (χ3v) is 2.78. The van der Waals surface area contributed by atoms with Gasteiger partial charge in [0.05, 0.1) is 16.8 Å². The van der Waals surface area contributed by atoms with E-state index < -0.39 is 5.97 Å². The summed E-state index contributed by atoms with van der Waals surface area (Å²) >= 11 is 1.59. The van der Waals surface area contributed by atoms with Crippen molar-refractivity contribution >= 4 is 27.5 Å². The standard InChI is InChI=1S/C8H8N2O2S/c11-7(12)2-1-5-8-6(10-9-5)3-4-13-8/h3-4H,1-2H2,(H,9,10)(H,11,12). The summed E-state index contributed by atoms with van der Waals surface area (Å²) in [6, 6.07) is 1.92. The zero-order valence-electron chi connectivity index (χ0n) is 6.78. The van der Waals surface area contributed by atoms with E-state index in [9.17, 15) is 4.79 Å². The van der Waals surface area contributed by atoms with Gasteiger partial charge in [0, 0.05) is 6.42 Å². The number of nitrogens with one attached hydrogen (secondary N) is 1. The van der Waals surface area contributed by atoms with Gasteiger partial charge in [0.2, 0.25) is 0 Å². The Hall–Kier alpha value is -1.36. The molecule has 0 fully saturated rings. The molecule has 0 unspecified atom stereocenters. The number of aryl methyl sites for hydroxylation is 1. The lowest BCUT2D eigenvalue weighted by Gasteiger charge is -1.91. The first kappa shape index (κ1) is 8.25. The molecule has 2 aromatic rings. The Balaban J connectivity index is 2.23. The molecule has 0 saturated carbocycles. The van der Waals surface area contributed by atoms with Crippen molar-refractivity contribution < 1.29 is 9.90 Å². The van der Waals surface area contributed by atoms with Gasteiger partial charge < -0.3 is 5.11 Å². The maximum absolute atomic E-state index is 10.3. The molecule has 0 atom stereocenters. The van der Waals surface area contributed by atoms with E-state index in [1.807, 2.05) is 11.4 Å². The molecular weight excluding hydrogens is 188 g/mol. The number of carboxylic acid groups (broad SMARTS) is 1. The fraction of sp³-hybridized carbons (Fsp3) is 0.250. The summed E-state index contributed by atoms with van der Waals surface area (Å²) < 4.78 is 1.07. The second kappa shape index (κ2) is 3.18. The summed E-state index contributed by atoms with van der Waals surface area (Å²) in [4.78, 5) is 10.3. The number of H-pyrrole nitrogens is 1. The Morgan fingerprint density at radius 3 is 3.31 bits per heavy atom. The number of rotatable bonds is 3. The average Bonchev–Trinajstić information content (AvgIpc) is 2.60.